The van der Waals surface area contributed by atoms with Gasteiger partial charge in [-0.2, -0.15) is 13.2 Å². The number of para-hydroxylation sites is 2. The second-order valence-corrected chi connectivity index (χ2v) is 4.42. The lowest BCUT2D eigenvalue weighted by Crippen LogP contribution is -2.18. The number of ether oxygens (including phenoxy) is 1. The smallest absolute Gasteiger partial charge is 0.404 e. The van der Waals surface area contributed by atoms with Crippen LogP contribution in [0.25, 0.3) is 0 Å². The molecule has 0 aliphatic carbocycles. The summed E-state index contributed by atoms with van der Waals surface area (Å²) in [5, 5.41) is 2.46. The summed E-state index contributed by atoms with van der Waals surface area (Å²) >= 11 is -0.254. The quantitative estimate of drug-likeness (QED) is 0.649. The number of thioether (sulfide) groups is 1. The Labute approximate surface area is 109 Å². The number of halogens is 6. The fraction of sp³-hybridized carbons (Fsp3) is 0.400. The van der Waals surface area contributed by atoms with E-state index in [2.05, 4.69) is 10.1 Å². The zero-order valence-corrected chi connectivity index (χ0v) is 10.1. The van der Waals surface area contributed by atoms with Crippen LogP contribution >= 0.6 is 11.8 Å². The Kier molecular flexibility index (Phi) is 5.21. The standard InChI is InChI=1S/C10H9F6NOS/c11-9(12,13)18-8-4-2-1-3-7(8)17-5-6-19-10(14,15)16/h1-4,17H,5-6H2. The van der Waals surface area contributed by atoms with Crippen molar-refractivity contribution in [3.63, 3.8) is 0 Å². The molecule has 0 aliphatic rings. The van der Waals surface area contributed by atoms with Gasteiger partial charge in [-0.05, 0) is 23.9 Å². The largest absolute Gasteiger partial charge is 0.573 e. The first-order chi connectivity index (χ1) is 8.67. The minimum atomic E-state index is -4.85. The molecule has 0 bridgehead atoms. The highest BCUT2D eigenvalue weighted by molar-refractivity contribution is 8.00. The van der Waals surface area contributed by atoms with Crippen molar-refractivity contribution in [2.45, 2.75) is 11.9 Å². The molecule has 9 heteroatoms. The van der Waals surface area contributed by atoms with E-state index in [1.807, 2.05) is 0 Å². The minimum Gasteiger partial charge on any atom is -0.404 e. The first-order valence-electron chi connectivity index (χ1n) is 4.97. The van der Waals surface area contributed by atoms with Crippen LogP contribution in [0, 0.1) is 0 Å². The van der Waals surface area contributed by atoms with Crippen LogP contribution in [0.1, 0.15) is 0 Å². The molecule has 0 saturated heterocycles. The zero-order valence-electron chi connectivity index (χ0n) is 9.31. The molecule has 19 heavy (non-hydrogen) atoms. The lowest BCUT2D eigenvalue weighted by atomic mass is 10.3. The van der Waals surface area contributed by atoms with Crippen molar-refractivity contribution in [1.29, 1.82) is 0 Å². The lowest BCUT2D eigenvalue weighted by Gasteiger charge is -2.14. The van der Waals surface area contributed by atoms with Crippen LogP contribution in [0.5, 0.6) is 5.75 Å². The number of rotatable bonds is 5. The highest BCUT2D eigenvalue weighted by atomic mass is 32.2. The van der Waals surface area contributed by atoms with Crippen LogP contribution in [-0.4, -0.2) is 24.2 Å². The molecule has 1 N–H and O–H groups in total. The van der Waals surface area contributed by atoms with Gasteiger partial charge in [0, 0.05) is 12.3 Å². The summed E-state index contributed by atoms with van der Waals surface area (Å²) in [6.45, 7) is -0.137. The molecule has 0 atom stereocenters. The Hall–Kier alpha value is -1.25. The number of benzene rings is 1. The van der Waals surface area contributed by atoms with Crippen molar-refractivity contribution >= 4 is 17.4 Å². The molecule has 0 spiro atoms. The highest BCUT2D eigenvalue weighted by Crippen LogP contribution is 2.31. The Morgan fingerprint density at radius 1 is 1.05 bits per heavy atom. The van der Waals surface area contributed by atoms with Crippen molar-refractivity contribution in [3.05, 3.63) is 24.3 Å². The first-order valence-corrected chi connectivity index (χ1v) is 5.95. The van der Waals surface area contributed by atoms with E-state index in [4.69, 9.17) is 0 Å². The molecule has 1 rings (SSSR count). The number of alkyl halides is 6. The van der Waals surface area contributed by atoms with E-state index >= 15 is 0 Å². The van der Waals surface area contributed by atoms with Gasteiger partial charge >= 0.3 is 11.9 Å². The number of hydrogen-bond acceptors (Lipinski definition) is 3. The first kappa shape index (κ1) is 15.8. The molecule has 0 heterocycles. The van der Waals surface area contributed by atoms with Gasteiger partial charge in [0.1, 0.15) is 0 Å². The fourth-order valence-corrected chi connectivity index (χ4v) is 1.61. The highest BCUT2D eigenvalue weighted by Gasteiger charge is 2.32. The molecule has 0 amide bonds. The topological polar surface area (TPSA) is 21.3 Å². The summed E-state index contributed by atoms with van der Waals surface area (Å²) in [4.78, 5) is 0. The Morgan fingerprint density at radius 3 is 2.26 bits per heavy atom. The van der Waals surface area contributed by atoms with Gasteiger partial charge in [-0.15, -0.1) is 13.2 Å². The van der Waals surface area contributed by atoms with Gasteiger partial charge < -0.3 is 10.1 Å². The van der Waals surface area contributed by atoms with Crippen LogP contribution in [0.15, 0.2) is 24.3 Å². The predicted octanol–water partition coefficient (Wildman–Crippen LogP) is 4.25. The zero-order chi connectivity index (χ0) is 14.5. The number of hydrogen-bond donors (Lipinski definition) is 1. The van der Waals surface area contributed by atoms with Crippen molar-refractivity contribution < 1.29 is 31.1 Å². The monoisotopic (exact) mass is 305 g/mol. The fourth-order valence-electron chi connectivity index (χ4n) is 1.18. The molecular formula is C10H9F6NOS. The van der Waals surface area contributed by atoms with Crippen molar-refractivity contribution in [2.24, 2.45) is 0 Å². The van der Waals surface area contributed by atoms with Gasteiger partial charge in [0.2, 0.25) is 0 Å². The molecule has 1 aromatic rings. The normalized spacial score (nSPS) is 12.3. The second kappa shape index (κ2) is 6.27. The average Bonchev–Trinajstić information content (AvgIpc) is 2.23. The van der Waals surface area contributed by atoms with Crippen LogP contribution < -0.4 is 10.1 Å². The summed E-state index contributed by atoms with van der Waals surface area (Å²) < 4.78 is 75.5. The molecule has 0 aliphatic heterocycles. The molecule has 0 fully saturated rings. The van der Waals surface area contributed by atoms with Crippen LogP contribution in [0.2, 0.25) is 0 Å². The lowest BCUT2D eigenvalue weighted by molar-refractivity contribution is -0.274. The molecule has 108 valence electrons. The van der Waals surface area contributed by atoms with Crippen LogP contribution in [0.4, 0.5) is 32.0 Å². The summed E-state index contributed by atoms with van der Waals surface area (Å²) in [6.07, 6.45) is -4.85. The second-order valence-electron chi connectivity index (χ2n) is 3.26. The van der Waals surface area contributed by atoms with E-state index < -0.39 is 17.6 Å². The molecule has 0 saturated carbocycles. The summed E-state index contributed by atoms with van der Waals surface area (Å²) in [5.74, 6) is -0.795. The molecule has 1 aromatic carbocycles. The Balaban J connectivity index is 2.54. The van der Waals surface area contributed by atoms with E-state index in [0.717, 1.165) is 6.07 Å². The number of nitrogens with one attached hydrogen (secondary N) is 1. The summed E-state index contributed by atoms with van der Waals surface area (Å²) in [6, 6.07) is 5.14. The van der Waals surface area contributed by atoms with E-state index in [1.165, 1.54) is 18.2 Å². The van der Waals surface area contributed by atoms with Crippen molar-refractivity contribution in [3.8, 4) is 5.75 Å². The van der Waals surface area contributed by atoms with Crippen molar-refractivity contribution in [2.75, 3.05) is 17.6 Å². The van der Waals surface area contributed by atoms with Gasteiger partial charge in [0.05, 0.1) is 5.69 Å². The Morgan fingerprint density at radius 2 is 1.68 bits per heavy atom. The number of anilines is 1. The van der Waals surface area contributed by atoms with E-state index in [-0.39, 0.29) is 29.7 Å². The van der Waals surface area contributed by atoms with Gasteiger partial charge in [0.15, 0.2) is 5.75 Å². The maximum atomic E-state index is 12.1. The van der Waals surface area contributed by atoms with Crippen LogP contribution in [-0.2, 0) is 0 Å². The van der Waals surface area contributed by atoms with E-state index in [1.54, 1.807) is 0 Å². The van der Waals surface area contributed by atoms with Gasteiger partial charge in [-0.1, -0.05) is 12.1 Å². The van der Waals surface area contributed by atoms with Gasteiger partial charge in [0.25, 0.3) is 0 Å². The molecule has 2 nitrogen and oxygen atoms in total. The molecule has 0 radical (unpaired) electrons. The van der Waals surface area contributed by atoms with E-state index in [0.29, 0.717) is 0 Å². The summed E-state index contributed by atoms with van der Waals surface area (Å²) in [5.41, 5.74) is -4.37. The third kappa shape index (κ3) is 7.04. The predicted molar refractivity (Wildman–Crippen MR) is 60.1 cm³/mol. The van der Waals surface area contributed by atoms with Crippen molar-refractivity contribution in [1.82, 2.24) is 0 Å². The maximum Gasteiger partial charge on any atom is 0.573 e. The maximum absolute atomic E-state index is 12.1. The SMILES string of the molecule is FC(F)(F)Oc1ccccc1NCCSC(F)(F)F. The minimum absolute atomic E-state index is 0.0115. The summed E-state index contributed by atoms with van der Waals surface area (Å²) in [7, 11) is 0. The molecule has 0 unspecified atom stereocenters. The molecule has 0 aromatic heterocycles. The van der Waals surface area contributed by atoms with Gasteiger partial charge in [-0.3, -0.25) is 0 Å². The van der Waals surface area contributed by atoms with Crippen LogP contribution in [0.3, 0.4) is 0 Å². The third-order valence-electron chi connectivity index (χ3n) is 1.80. The van der Waals surface area contributed by atoms with Gasteiger partial charge in [-0.25, -0.2) is 0 Å². The van der Waals surface area contributed by atoms with E-state index in [9.17, 15) is 26.3 Å². The molecular weight excluding hydrogens is 296 g/mol. The Bertz CT molecular complexity index is 406. The third-order valence-corrected chi connectivity index (χ3v) is 2.53. The average molecular weight is 305 g/mol.